The summed E-state index contributed by atoms with van der Waals surface area (Å²) in [6.45, 7) is 0. The maximum Gasteiger partial charge on any atom is 0.396 e. The lowest BCUT2D eigenvalue weighted by Crippen LogP contribution is -2.09. The SMILES string of the molecule is Nc1cccc([CH]C(F)(F)F)c1Cl. The highest BCUT2D eigenvalue weighted by molar-refractivity contribution is 6.34. The minimum Gasteiger partial charge on any atom is -0.398 e. The zero-order chi connectivity index (χ0) is 10.1. The van der Waals surface area contributed by atoms with Crippen LogP contribution >= 0.6 is 11.6 Å². The average Bonchev–Trinajstić information content (AvgIpc) is 1.96. The quantitative estimate of drug-likeness (QED) is 0.706. The molecule has 0 amide bonds. The van der Waals surface area contributed by atoms with E-state index < -0.39 is 6.18 Å². The van der Waals surface area contributed by atoms with Gasteiger partial charge in [-0.15, -0.1) is 0 Å². The maximum absolute atomic E-state index is 11.9. The topological polar surface area (TPSA) is 26.0 Å². The standard InChI is InChI=1S/C8H6ClF3N/c9-7-5(4-8(10,11)12)2-1-3-6(7)13/h1-4H,13H2. The van der Waals surface area contributed by atoms with Crippen LogP contribution in [0.5, 0.6) is 0 Å². The molecule has 0 bridgehead atoms. The van der Waals surface area contributed by atoms with Gasteiger partial charge >= 0.3 is 6.18 Å². The number of hydrogen-bond acceptors (Lipinski definition) is 1. The second-order valence-corrected chi connectivity index (χ2v) is 2.81. The summed E-state index contributed by atoms with van der Waals surface area (Å²) in [6, 6.07) is 4.11. The molecule has 2 N–H and O–H groups in total. The van der Waals surface area contributed by atoms with Gasteiger partial charge in [-0.05, 0) is 11.6 Å². The molecule has 0 unspecified atom stereocenters. The zero-order valence-corrected chi connectivity index (χ0v) is 7.15. The highest BCUT2D eigenvalue weighted by Gasteiger charge is 2.29. The van der Waals surface area contributed by atoms with Crippen LogP contribution in [-0.2, 0) is 0 Å². The first-order valence-corrected chi connectivity index (χ1v) is 3.74. The molecule has 1 radical (unpaired) electrons. The molecule has 0 aliphatic heterocycles. The molecule has 1 aromatic rings. The largest absolute Gasteiger partial charge is 0.398 e. The molecule has 0 aromatic heterocycles. The van der Waals surface area contributed by atoms with Crippen LogP contribution in [0.15, 0.2) is 18.2 Å². The van der Waals surface area contributed by atoms with Gasteiger partial charge in [-0.2, -0.15) is 13.2 Å². The highest BCUT2D eigenvalue weighted by atomic mass is 35.5. The van der Waals surface area contributed by atoms with Gasteiger partial charge in [0, 0.05) is 0 Å². The van der Waals surface area contributed by atoms with Gasteiger partial charge in [0.25, 0.3) is 0 Å². The Morgan fingerprint density at radius 2 is 1.92 bits per heavy atom. The molecule has 1 aromatic carbocycles. The molecule has 0 aliphatic rings. The molecule has 0 saturated heterocycles. The molecule has 13 heavy (non-hydrogen) atoms. The number of nitrogen functional groups attached to an aromatic ring is 1. The Hall–Kier alpha value is -0.900. The number of benzene rings is 1. The van der Waals surface area contributed by atoms with E-state index in [1.807, 2.05) is 0 Å². The second kappa shape index (κ2) is 3.46. The maximum atomic E-state index is 11.9. The Kier molecular flexibility index (Phi) is 2.71. The third kappa shape index (κ3) is 2.81. The third-order valence-electron chi connectivity index (χ3n) is 1.38. The summed E-state index contributed by atoms with van der Waals surface area (Å²) in [5.41, 5.74) is 5.34. The summed E-state index contributed by atoms with van der Waals surface area (Å²) >= 11 is 5.54. The highest BCUT2D eigenvalue weighted by Crippen LogP contribution is 2.30. The first kappa shape index (κ1) is 10.2. The fraction of sp³-hybridized carbons (Fsp3) is 0.125. The van der Waals surface area contributed by atoms with E-state index in [0.717, 1.165) is 0 Å². The number of nitrogens with two attached hydrogens (primary N) is 1. The Balaban J connectivity index is 2.96. The number of rotatable bonds is 1. The van der Waals surface area contributed by atoms with Crippen LogP contribution in [-0.4, -0.2) is 6.18 Å². The first-order valence-electron chi connectivity index (χ1n) is 3.37. The van der Waals surface area contributed by atoms with Crippen molar-refractivity contribution in [3.8, 4) is 0 Å². The van der Waals surface area contributed by atoms with Crippen molar-refractivity contribution in [1.29, 1.82) is 0 Å². The normalized spacial score (nSPS) is 11.7. The van der Waals surface area contributed by atoms with Crippen molar-refractivity contribution < 1.29 is 13.2 Å². The van der Waals surface area contributed by atoms with Gasteiger partial charge in [0.15, 0.2) is 0 Å². The van der Waals surface area contributed by atoms with Crippen LogP contribution in [0.4, 0.5) is 18.9 Å². The summed E-state index contributed by atoms with van der Waals surface area (Å²) in [5, 5.41) is -0.0696. The van der Waals surface area contributed by atoms with Crippen LogP contribution in [0.1, 0.15) is 5.56 Å². The fourth-order valence-electron chi connectivity index (χ4n) is 0.856. The van der Waals surface area contributed by atoms with Gasteiger partial charge < -0.3 is 5.73 Å². The van der Waals surface area contributed by atoms with Crippen molar-refractivity contribution in [3.05, 3.63) is 35.2 Å². The van der Waals surface area contributed by atoms with E-state index in [1.54, 1.807) is 0 Å². The van der Waals surface area contributed by atoms with Gasteiger partial charge in [0.05, 0.1) is 17.1 Å². The first-order chi connectivity index (χ1) is 5.90. The molecule has 0 heterocycles. The van der Waals surface area contributed by atoms with Crippen molar-refractivity contribution in [3.63, 3.8) is 0 Å². The number of halogens is 4. The summed E-state index contributed by atoms with van der Waals surface area (Å²) in [5.74, 6) is 0. The van der Waals surface area contributed by atoms with Gasteiger partial charge in [0.2, 0.25) is 0 Å². The van der Waals surface area contributed by atoms with Crippen molar-refractivity contribution in [2.45, 2.75) is 6.18 Å². The Morgan fingerprint density at radius 3 is 2.46 bits per heavy atom. The Labute approximate surface area is 78.3 Å². The van der Waals surface area contributed by atoms with Crippen LogP contribution < -0.4 is 5.73 Å². The Bertz CT molecular complexity index is 309. The average molecular weight is 209 g/mol. The lowest BCUT2D eigenvalue weighted by molar-refractivity contribution is -0.0927. The number of alkyl halides is 3. The minimum absolute atomic E-state index is 0.0696. The Morgan fingerprint density at radius 1 is 1.31 bits per heavy atom. The molecule has 0 spiro atoms. The van der Waals surface area contributed by atoms with Gasteiger partial charge in [0.1, 0.15) is 0 Å². The summed E-state index contributed by atoms with van der Waals surface area (Å²) < 4.78 is 35.7. The molecular weight excluding hydrogens is 203 g/mol. The van der Waals surface area contributed by atoms with E-state index in [-0.39, 0.29) is 22.7 Å². The molecule has 1 rings (SSSR count). The zero-order valence-electron chi connectivity index (χ0n) is 6.40. The van der Waals surface area contributed by atoms with E-state index in [9.17, 15) is 13.2 Å². The molecule has 71 valence electrons. The third-order valence-corrected chi connectivity index (χ3v) is 1.81. The molecule has 0 aliphatic carbocycles. The lowest BCUT2D eigenvalue weighted by atomic mass is 10.1. The van der Waals surface area contributed by atoms with Crippen LogP contribution in [0, 0.1) is 6.42 Å². The van der Waals surface area contributed by atoms with Crippen LogP contribution in [0.3, 0.4) is 0 Å². The van der Waals surface area contributed by atoms with E-state index in [0.29, 0.717) is 0 Å². The van der Waals surface area contributed by atoms with Gasteiger partial charge in [-0.25, -0.2) is 0 Å². The van der Waals surface area contributed by atoms with E-state index >= 15 is 0 Å². The van der Waals surface area contributed by atoms with E-state index in [2.05, 4.69) is 0 Å². The van der Waals surface area contributed by atoms with E-state index in [1.165, 1.54) is 18.2 Å². The van der Waals surface area contributed by atoms with Gasteiger partial charge in [-0.3, -0.25) is 0 Å². The monoisotopic (exact) mass is 208 g/mol. The molecule has 5 heteroatoms. The molecule has 0 saturated carbocycles. The summed E-state index contributed by atoms with van der Waals surface area (Å²) in [6.07, 6.45) is -4.26. The molecule has 0 fully saturated rings. The smallest absolute Gasteiger partial charge is 0.396 e. The fourth-order valence-corrected chi connectivity index (χ4v) is 1.04. The van der Waals surface area contributed by atoms with Crippen molar-refractivity contribution in [2.75, 3.05) is 5.73 Å². The molecule has 1 nitrogen and oxygen atoms in total. The van der Waals surface area contributed by atoms with Crippen LogP contribution in [0.2, 0.25) is 5.02 Å². The number of anilines is 1. The number of hydrogen-bond donors (Lipinski definition) is 1. The molecule has 0 atom stereocenters. The van der Waals surface area contributed by atoms with E-state index in [4.69, 9.17) is 17.3 Å². The predicted octanol–water partition coefficient (Wildman–Crippen LogP) is 3.04. The summed E-state index contributed by atoms with van der Waals surface area (Å²) in [7, 11) is 0. The summed E-state index contributed by atoms with van der Waals surface area (Å²) in [4.78, 5) is 0. The van der Waals surface area contributed by atoms with Crippen molar-refractivity contribution >= 4 is 17.3 Å². The molecular formula is C8H6ClF3N. The van der Waals surface area contributed by atoms with Crippen LogP contribution in [0.25, 0.3) is 0 Å². The predicted molar refractivity (Wildman–Crippen MR) is 45.3 cm³/mol. The minimum atomic E-state index is -4.38. The second-order valence-electron chi connectivity index (χ2n) is 2.44. The van der Waals surface area contributed by atoms with Crippen molar-refractivity contribution in [2.24, 2.45) is 0 Å². The van der Waals surface area contributed by atoms with Gasteiger partial charge in [-0.1, -0.05) is 23.7 Å². The van der Waals surface area contributed by atoms with Crippen molar-refractivity contribution in [1.82, 2.24) is 0 Å². The lowest BCUT2D eigenvalue weighted by Gasteiger charge is -2.08.